The second-order valence-corrected chi connectivity index (χ2v) is 13.3. The average Bonchev–Trinajstić information content (AvgIpc) is 3.85. The summed E-state index contributed by atoms with van der Waals surface area (Å²) in [5.74, 6) is 1.51. The molecule has 1 amide bonds. The standard InChI is InChI=1S/C36H38FN7O3/c1-22-31(4-3-5-33(22)37)36(46)43-20-27-12-28(43)19-42(27)34-9-6-23(17-39-34)32-15-30(21-44-35(32)24(16-38-2)18-40-44)47-11-10-41-25-7-8-26(41)14-29(45)13-25/h3-6,9,15,17-18,21,25-28H,2,7-8,10-14,16,19-20H2,1H3. The molecule has 4 aliphatic heterocycles. The summed E-state index contributed by atoms with van der Waals surface area (Å²) in [5, 5.41) is 4.60. The number of hydrogen-bond acceptors (Lipinski definition) is 8. The number of fused-ring (bicyclic) bond motifs is 5. The topological polar surface area (TPSA) is 95.6 Å². The highest BCUT2D eigenvalue weighted by Crippen LogP contribution is 2.37. The number of Topliss-reactive ketones (excluding diaryl/α,β-unsaturated/α-hetero) is 1. The number of anilines is 1. The Balaban J connectivity index is 0.995. The third kappa shape index (κ3) is 5.26. The van der Waals surface area contributed by atoms with E-state index in [9.17, 15) is 14.0 Å². The number of ketones is 1. The predicted molar refractivity (Wildman–Crippen MR) is 177 cm³/mol. The maximum absolute atomic E-state index is 14.1. The van der Waals surface area contributed by atoms with Crippen LogP contribution in [0.3, 0.4) is 0 Å². The average molecular weight is 636 g/mol. The number of carbonyl (C=O) groups is 2. The summed E-state index contributed by atoms with van der Waals surface area (Å²) in [5.41, 5.74) is 4.63. The summed E-state index contributed by atoms with van der Waals surface area (Å²) in [6, 6.07) is 11.8. The second-order valence-electron chi connectivity index (χ2n) is 13.3. The van der Waals surface area contributed by atoms with Gasteiger partial charge in [0.15, 0.2) is 0 Å². The largest absolute Gasteiger partial charge is 0.491 e. The number of pyridine rings is 2. The molecule has 4 aromatic rings. The van der Waals surface area contributed by atoms with Gasteiger partial charge in [0.25, 0.3) is 5.91 Å². The van der Waals surface area contributed by atoms with Gasteiger partial charge in [-0.25, -0.2) is 13.9 Å². The summed E-state index contributed by atoms with van der Waals surface area (Å²) in [6.45, 7) is 8.39. The molecule has 1 aromatic carbocycles. The highest BCUT2D eigenvalue weighted by molar-refractivity contribution is 5.96. The van der Waals surface area contributed by atoms with Gasteiger partial charge >= 0.3 is 0 Å². The summed E-state index contributed by atoms with van der Waals surface area (Å²) in [6.07, 6.45) is 9.98. The number of piperazine rings is 1. The van der Waals surface area contributed by atoms with Crippen molar-refractivity contribution in [3.63, 3.8) is 0 Å². The monoisotopic (exact) mass is 635 g/mol. The molecule has 4 atom stereocenters. The number of aromatic nitrogens is 3. The maximum atomic E-state index is 14.1. The van der Waals surface area contributed by atoms with Crippen LogP contribution in [0.5, 0.6) is 5.75 Å². The van der Waals surface area contributed by atoms with Crippen molar-refractivity contribution in [3.8, 4) is 16.9 Å². The van der Waals surface area contributed by atoms with Gasteiger partial charge in [-0.3, -0.25) is 19.5 Å². The first-order chi connectivity index (χ1) is 22.9. The molecule has 10 nitrogen and oxygen atoms in total. The fourth-order valence-electron chi connectivity index (χ4n) is 8.30. The van der Waals surface area contributed by atoms with Crippen LogP contribution in [0.4, 0.5) is 10.2 Å². The summed E-state index contributed by atoms with van der Waals surface area (Å²) in [7, 11) is 0. The molecule has 47 heavy (non-hydrogen) atoms. The first-order valence-electron chi connectivity index (χ1n) is 16.5. The zero-order chi connectivity index (χ0) is 32.2. The molecule has 0 saturated carbocycles. The number of likely N-dealkylation sites (tertiary alicyclic amines) is 1. The lowest BCUT2D eigenvalue weighted by atomic mass is 10.0. The van der Waals surface area contributed by atoms with Gasteiger partial charge in [-0.2, -0.15) is 5.10 Å². The lowest BCUT2D eigenvalue weighted by Crippen LogP contribution is -2.49. The van der Waals surface area contributed by atoms with Crippen molar-refractivity contribution < 1.29 is 18.7 Å². The van der Waals surface area contributed by atoms with Crippen molar-refractivity contribution in [3.05, 3.63) is 77.5 Å². The lowest BCUT2D eigenvalue weighted by molar-refractivity contribution is -0.123. The van der Waals surface area contributed by atoms with E-state index in [4.69, 9.17) is 9.72 Å². The van der Waals surface area contributed by atoms with Crippen LogP contribution >= 0.6 is 0 Å². The minimum Gasteiger partial charge on any atom is -0.491 e. The minimum atomic E-state index is -0.354. The Hall–Kier alpha value is -4.64. The molecule has 4 bridgehead atoms. The second kappa shape index (κ2) is 11.9. The Morgan fingerprint density at radius 3 is 2.64 bits per heavy atom. The third-order valence-electron chi connectivity index (χ3n) is 10.6. The van der Waals surface area contributed by atoms with Gasteiger partial charge in [0.05, 0.1) is 36.5 Å². The van der Waals surface area contributed by atoms with E-state index in [-0.39, 0.29) is 23.8 Å². The van der Waals surface area contributed by atoms with Gasteiger partial charge in [0.1, 0.15) is 29.8 Å². The summed E-state index contributed by atoms with van der Waals surface area (Å²) in [4.78, 5) is 41.0. The third-order valence-corrected chi connectivity index (χ3v) is 10.6. The SMILES string of the molecule is C=NCc1cnn2cc(OCCN3C4CCC3CC(=O)C4)cc(-c3ccc(N4CC5CC4CN5C(=O)c4cccc(F)c4C)nc3)c12. The van der Waals surface area contributed by atoms with Crippen molar-refractivity contribution in [1.29, 1.82) is 0 Å². The van der Waals surface area contributed by atoms with Gasteiger partial charge < -0.3 is 14.5 Å². The quantitative estimate of drug-likeness (QED) is 0.246. The molecule has 4 fully saturated rings. The smallest absolute Gasteiger partial charge is 0.254 e. The molecular weight excluding hydrogens is 597 g/mol. The Morgan fingerprint density at radius 2 is 1.91 bits per heavy atom. The Kier molecular flexibility index (Phi) is 7.51. The number of carbonyl (C=O) groups excluding carboxylic acids is 2. The van der Waals surface area contributed by atoms with Crippen molar-refractivity contribution in [2.75, 3.05) is 31.1 Å². The molecular formula is C36H38FN7O3. The number of hydrogen-bond donors (Lipinski definition) is 0. The first kappa shape index (κ1) is 29.7. The summed E-state index contributed by atoms with van der Waals surface area (Å²) >= 11 is 0. The van der Waals surface area contributed by atoms with Gasteiger partial charge in [0.2, 0.25) is 0 Å². The molecule has 0 aliphatic carbocycles. The van der Waals surface area contributed by atoms with Crippen LogP contribution in [-0.4, -0.2) is 93.2 Å². The van der Waals surface area contributed by atoms with Crippen molar-refractivity contribution in [2.24, 2.45) is 4.99 Å². The van der Waals surface area contributed by atoms with Gasteiger partial charge in [-0.05, 0) is 68.8 Å². The number of piperidine rings is 1. The highest BCUT2D eigenvalue weighted by atomic mass is 19.1. The Morgan fingerprint density at radius 1 is 1.09 bits per heavy atom. The van der Waals surface area contributed by atoms with E-state index >= 15 is 0 Å². The van der Waals surface area contributed by atoms with Crippen LogP contribution in [-0.2, 0) is 11.3 Å². The van der Waals surface area contributed by atoms with Gasteiger partial charge in [0, 0.05) is 73.0 Å². The molecule has 3 aromatic heterocycles. The Labute approximate surface area is 272 Å². The zero-order valence-electron chi connectivity index (χ0n) is 26.5. The van der Waals surface area contributed by atoms with Crippen molar-refractivity contribution in [2.45, 2.75) is 69.7 Å². The fraction of sp³-hybridized carbons (Fsp3) is 0.417. The van der Waals surface area contributed by atoms with E-state index in [0.717, 1.165) is 53.8 Å². The summed E-state index contributed by atoms with van der Waals surface area (Å²) < 4.78 is 22.3. The number of halogens is 1. The van der Waals surface area contributed by atoms with Crippen molar-refractivity contribution in [1.82, 2.24) is 24.4 Å². The lowest BCUT2D eigenvalue weighted by Gasteiger charge is -2.35. The van der Waals surface area contributed by atoms with E-state index in [2.05, 4.69) is 32.7 Å². The molecule has 11 heteroatoms. The molecule has 0 N–H and O–H groups in total. The molecule has 8 rings (SSSR count). The zero-order valence-corrected chi connectivity index (χ0v) is 26.5. The number of aliphatic imine (C=N–C) groups is 1. The number of benzene rings is 1. The van der Waals surface area contributed by atoms with E-state index in [0.29, 0.717) is 73.8 Å². The molecule has 0 spiro atoms. The number of nitrogens with zero attached hydrogens (tertiary/aromatic N) is 7. The normalized spacial score (nSPS) is 23.7. The number of amides is 1. The van der Waals surface area contributed by atoms with E-state index in [1.807, 2.05) is 40.1 Å². The van der Waals surface area contributed by atoms with E-state index in [1.165, 1.54) is 6.07 Å². The first-order valence-corrected chi connectivity index (χ1v) is 16.5. The van der Waals surface area contributed by atoms with Crippen LogP contribution in [0, 0.1) is 12.7 Å². The van der Waals surface area contributed by atoms with Crippen LogP contribution in [0.2, 0.25) is 0 Å². The maximum Gasteiger partial charge on any atom is 0.254 e. The fourth-order valence-corrected chi connectivity index (χ4v) is 8.30. The Bertz CT molecular complexity index is 1860. The van der Waals surface area contributed by atoms with E-state index in [1.54, 1.807) is 19.1 Å². The molecule has 0 radical (unpaired) electrons. The predicted octanol–water partition coefficient (Wildman–Crippen LogP) is 4.72. The van der Waals surface area contributed by atoms with Crippen LogP contribution < -0.4 is 9.64 Å². The van der Waals surface area contributed by atoms with Gasteiger partial charge in [-0.15, -0.1) is 0 Å². The van der Waals surface area contributed by atoms with Crippen LogP contribution in [0.1, 0.15) is 53.6 Å². The number of rotatable bonds is 9. The van der Waals surface area contributed by atoms with Crippen LogP contribution in [0.15, 0.2) is 60.0 Å². The molecule has 242 valence electrons. The minimum absolute atomic E-state index is 0.0615. The molecule has 4 aliphatic rings. The highest BCUT2D eigenvalue weighted by Gasteiger charge is 2.46. The van der Waals surface area contributed by atoms with Crippen LogP contribution in [0.25, 0.3) is 16.6 Å². The molecule has 4 saturated heterocycles. The molecule has 7 heterocycles. The van der Waals surface area contributed by atoms with E-state index < -0.39 is 0 Å². The van der Waals surface area contributed by atoms with Gasteiger partial charge in [-0.1, -0.05) is 6.07 Å². The molecule has 4 unspecified atom stereocenters. The van der Waals surface area contributed by atoms with Crippen molar-refractivity contribution >= 4 is 29.7 Å². The number of ether oxygens (including phenoxy) is 1.